The van der Waals surface area contributed by atoms with Gasteiger partial charge in [-0.25, -0.2) is 4.68 Å². The molecular formula is C17H32N6. The van der Waals surface area contributed by atoms with Crippen molar-refractivity contribution in [2.24, 2.45) is 0 Å². The molecule has 0 amide bonds. The molecule has 2 heterocycles. The Labute approximate surface area is 140 Å². The number of aromatic nitrogens is 4. The van der Waals surface area contributed by atoms with Gasteiger partial charge in [0.05, 0.1) is 12.1 Å². The number of hydrogen-bond donors (Lipinski definition) is 0. The van der Waals surface area contributed by atoms with Crippen molar-refractivity contribution in [2.75, 3.05) is 32.7 Å². The Hall–Kier alpha value is -1.01. The summed E-state index contributed by atoms with van der Waals surface area (Å²) in [4.78, 5) is 5.14. The van der Waals surface area contributed by atoms with Gasteiger partial charge in [-0.2, -0.15) is 0 Å². The Balaban J connectivity index is 1.74. The second kappa shape index (κ2) is 8.20. The summed E-state index contributed by atoms with van der Waals surface area (Å²) in [5, 5.41) is 12.9. The lowest BCUT2D eigenvalue weighted by molar-refractivity contribution is 0.0870. The number of rotatable bonds is 6. The van der Waals surface area contributed by atoms with Crippen molar-refractivity contribution in [3.8, 4) is 0 Å². The van der Waals surface area contributed by atoms with E-state index in [-0.39, 0.29) is 0 Å². The first kappa shape index (κ1) is 16.8. The normalized spacial score (nSPS) is 23.2. The zero-order chi connectivity index (χ0) is 16.1. The van der Waals surface area contributed by atoms with Crippen LogP contribution in [0.25, 0.3) is 0 Å². The van der Waals surface area contributed by atoms with E-state index in [2.05, 4.69) is 43.9 Å². The van der Waals surface area contributed by atoms with Crippen LogP contribution in [0.4, 0.5) is 0 Å². The fourth-order valence-corrected chi connectivity index (χ4v) is 4.15. The van der Waals surface area contributed by atoms with E-state index < -0.39 is 0 Å². The molecule has 23 heavy (non-hydrogen) atoms. The Morgan fingerprint density at radius 2 is 1.78 bits per heavy atom. The fourth-order valence-electron chi connectivity index (χ4n) is 4.15. The van der Waals surface area contributed by atoms with Crippen molar-refractivity contribution in [3.63, 3.8) is 0 Å². The second-order valence-electron chi connectivity index (χ2n) is 7.05. The summed E-state index contributed by atoms with van der Waals surface area (Å²) in [5.41, 5.74) is 0. The molecule has 6 nitrogen and oxygen atoms in total. The Morgan fingerprint density at radius 3 is 2.43 bits per heavy atom. The molecule has 1 saturated carbocycles. The highest BCUT2D eigenvalue weighted by Crippen LogP contribution is 2.32. The summed E-state index contributed by atoms with van der Waals surface area (Å²) >= 11 is 0. The summed E-state index contributed by atoms with van der Waals surface area (Å²) < 4.78 is 2.17. The van der Waals surface area contributed by atoms with Gasteiger partial charge in [0.15, 0.2) is 5.82 Å². The molecule has 1 aliphatic heterocycles. The number of hydrogen-bond acceptors (Lipinski definition) is 5. The molecule has 2 fully saturated rings. The topological polar surface area (TPSA) is 50.1 Å². The molecule has 1 aliphatic carbocycles. The molecule has 130 valence electrons. The van der Waals surface area contributed by atoms with Crippen molar-refractivity contribution >= 4 is 0 Å². The van der Waals surface area contributed by atoms with Crippen LogP contribution in [-0.4, -0.2) is 62.7 Å². The van der Waals surface area contributed by atoms with Gasteiger partial charge in [-0.1, -0.05) is 39.5 Å². The first-order chi connectivity index (χ1) is 11.3. The van der Waals surface area contributed by atoms with Gasteiger partial charge in [0, 0.05) is 26.2 Å². The fraction of sp³-hybridized carbons (Fsp3) is 0.941. The number of tetrazole rings is 1. The Kier molecular flexibility index (Phi) is 6.00. The van der Waals surface area contributed by atoms with Gasteiger partial charge < -0.3 is 4.90 Å². The van der Waals surface area contributed by atoms with Gasteiger partial charge in [0.25, 0.3) is 0 Å². The van der Waals surface area contributed by atoms with Gasteiger partial charge in [-0.3, -0.25) is 4.90 Å². The maximum absolute atomic E-state index is 4.47. The smallest absolute Gasteiger partial charge is 0.168 e. The molecule has 3 rings (SSSR count). The molecule has 1 atom stereocenters. The predicted octanol–water partition coefficient (Wildman–Crippen LogP) is 2.66. The zero-order valence-corrected chi connectivity index (χ0v) is 14.8. The van der Waals surface area contributed by atoms with Gasteiger partial charge in [-0.05, 0) is 36.2 Å². The van der Waals surface area contributed by atoms with E-state index in [1.54, 1.807) is 0 Å². The highest BCUT2D eigenvalue weighted by atomic mass is 15.6. The maximum Gasteiger partial charge on any atom is 0.168 e. The third kappa shape index (κ3) is 3.91. The van der Waals surface area contributed by atoms with Crippen molar-refractivity contribution < 1.29 is 0 Å². The number of likely N-dealkylation sites (N-methyl/N-ethyl adjacent to an activating group) is 1. The highest BCUT2D eigenvalue weighted by Gasteiger charge is 2.30. The number of piperazine rings is 1. The maximum atomic E-state index is 4.47. The van der Waals surface area contributed by atoms with Crippen LogP contribution in [0.1, 0.15) is 76.7 Å². The van der Waals surface area contributed by atoms with E-state index in [1.165, 1.54) is 51.6 Å². The Bertz CT molecular complexity index is 459. The average molecular weight is 320 g/mol. The summed E-state index contributed by atoms with van der Waals surface area (Å²) in [6.45, 7) is 10.3. The zero-order valence-electron chi connectivity index (χ0n) is 14.8. The minimum Gasteiger partial charge on any atom is -0.301 e. The lowest BCUT2D eigenvalue weighted by Crippen LogP contribution is -2.48. The van der Waals surface area contributed by atoms with Gasteiger partial charge in [0.1, 0.15) is 0 Å². The second-order valence-corrected chi connectivity index (χ2v) is 7.05. The average Bonchev–Trinajstić information content (AvgIpc) is 3.10. The van der Waals surface area contributed by atoms with Crippen LogP contribution in [0.2, 0.25) is 0 Å². The van der Waals surface area contributed by atoms with Crippen LogP contribution in [0.3, 0.4) is 0 Å². The van der Waals surface area contributed by atoms with Crippen LogP contribution < -0.4 is 0 Å². The van der Waals surface area contributed by atoms with Crippen molar-refractivity contribution in [3.05, 3.63) is 5.82 Å². The standard InChI is InChI=1S/C17H32N6/c1-3-8-16(22-13-11-21(4-2)12-14-22)17-18-19-20-23(17)15-9-6-5-7-10-15/h15-16H,3-14H2,1-2H3/t16-/m0/s1. The summed E-state index contributed by atoms with van der Waals surface area (Å²) in [5.74, 6) is 1.11. The summed E-state index contributed by atoms with van der Waals surface area (Å²) in [6.07, 6.45) is 8.80. The summed E-state index contributed by atoms with van der Waals surface area (Å²) in [6, 6.07) is 0.904. The minimum absolute atomic E-state index is 0.385. The SMILES string of the molecule is CCC[C@@H](c1nnnn1C1CCCCC1)N1CCN(CC)CC1. The summed E-state index contributed by atoms with van der Waals surface area (Å²) in [7, 11) is 0. The highest BCUT2D eigenvalue weighted by molar-refractivity contribution is 4.97. The molecule has 1 aromatic heterocycles. The van der Waals surface area contributed by atoms with Gasteiger partial charge in [-0.15, -0.1) is 5.10 Å². The molecule has 0 N–H and O–H groups in total. The number of nitrogens with zero attached hydrogens (tertiary/aromatic N) is 6. The monoisotopic (exact) mass is 320 g/mol. The lowest BCUT2D eigenvalue weighted by Gasteiger charge is -2.38. The molecule has 1 aromatic rings. The molecule has 0 bridgehead atoms. The van der Waals surface area contributed by atoms with E-state index in [9.17, 15) is 0 Å². The minimum atomic E-state index is 0.385. The molecule has 1 saturated heterocycles. The van der Waals surface area contributed by atoms with E-state index >= 15 is 0 Å². The van der Waals surface area contributed by atoms with Crippen molar-refractivity contribution in [1.82, 2.24) is 30.0 Å². The van der Waals surface area contributed by atoms with E-state index in [1.807, 2.05) is 0 Å². The molecule has 0 unspecified atom stereocenters. The van der Waals surface area contributed by atoms with Crippen LogP contribution >= 0.6 is 0 Å². The van der Waals surface area contributed by atoms with Crippen LogP contribution in [0, 0.1) is 0 Å². The lowest BCUT2D eigenvalue weighted by atomic mass is 9.95. The van der Waals surface area contributed by atoms with Gasteiger partial charge >= 0.3 is 0 Å². The van der Waals surface area contributed by atoms with Crippen LogP contribution in [0.5, 0.6) is 0 Å². The third-order valence-electron chi connectivity index (χ3n) is 5.59. The van der Waals surface area contributed by atoms with E-state index in [4.69, 9.17) is 0 Å². The van der Waals surface area contributed by atoms with Crippen molar-refractivity contribution in [2.45, 2.75) is 70.9 Å². The van der Waals surface area contributed by atoms with Gasteiger partial charge in [0.2, 0.25) is 0 Å². The molecule has 0 aromatic carbocycles. The Morgan fingerprint density at radius 1 is 1.04 bits per heavy atom. The quantitative estimate of drug-likeness (QED) is 0.806. The molecular weight excluding hydrogens is 288 g/mol. The molecule has 6 heteroatoms. The van der Waals surface area contributed by atoms with E-state index in [0.29, 0.717) is 12.1 Å². The largest absolute Gasteiger partial charge is 0.301 e. The predicted molar refractivity (Wildman–Crippen MR) is 91.3 cm³/mol. The van der Waals surface area contributed by atoms with Crippen LogP contribution in [-0.2, 0) is 0 Å². The van der Waals surface area contributed by atoms with Crippen molar-refractivity contribution in [1.29, 1.82) is 0 Å². The van der Waals surface area contributed by atoms with Crippen LogP contribution in [0.15, 0.2) is 0 Å². The van der Waals surface area contributed by atoms with E-state index in [0.717, 1.165) is 31.9 Å². The molecule has 0 radical (unpaired) electrons. The third-order valence-corrected chi connectivity index (χ3v) is 5.59. The molecule has 0 spiro atoms. The first-order valence-corrected chi connectivity index (χ1v) is 9.57. The molecule has 2 aliphatic rings. The first-order valence-electron chi connectivity index (χ1n) is 9.57.